The van der Waals surface area contributed by atoms with Gasteiger partial charge in [0.2, 0.25) is 0 Å². The number of aliphatic hydroxyl groups is 2. The summed E-state index contributed by atoms with van der Waals surface area (Å²) in [5.41, 5.74) is 0.635. The maximum absolute atomic E-state index is 14.6. The first-order valence-electron chi connectivity index (χ1n) is 16.1. The number of hydrogen-bond acceptors (Lipinski definition) is 9. The van der Waals surface area contributed by atoms with Crippen LogP contribution in [0.5, 0.6) is 5.75 Å². The van der Waals surface area contributed by atoms with Crippen LogP contribution in [0.2, 0.25) is 0 Å². The van der Waals surface area contributed by atoms with Gasteiger partial charge in [0, 0.05) is 25.2 Å². The van der Waals surface area contributed by atoms with Crippen molar-refractivity contribution in [3.63, 3.8) is 0 Å². The van der Waals surface area contributed by atoms with Gasteiger partial charge in [-0.25, -0.2) is 16.8 Å². The van der Waals surface area contributed by atoms with Crippen LogP contribution in [0.15, 0.2) is 125 Å². The molecule has 48 heavy (non-hydrogen) atoms. The zero-order chi connectivity index (χ0) is 34.4. The van der Waals surface area contributed by atoms with E-state index in [2.05, 4.69) is 0 Å². The molecule has 0 unspecified atom stereocenters. The highest BCUT2D eigenvalue weighted by Crippen LogP contribution is 2.52. The van der Waals surface area contributed by atoms with Gasteiger partial charge in [-0.1, -0.05) is 78.4 Å². The molecule has 0 amide bonds. The third-order valence-corrected chi connectivity index (χ3v) is 15.2. The van der Waals surface area contributed by atoms with E-state index in [0.29, 0.717) is 37.2 Å². The van der Waals surface area contributed by atoms with Crippen LogP contribution in [0.25, 0.3) is 0 Å². The lowest BCUT2D eigenvalue weighted by Gasteiger charge is -2.34. The number of esters is 1. The summed E-state index contributed by atoms with van der Waals surface area (Å²) in [6.45, 7) is 0.305. The smallest absolute Gasteiger partial charge is 0.305 e. The molecule has 0 bridgehead atoms. The van der Waals surface area contributed by atoms with Crippen molar-refractivity contribution in [2.75, 3.05) is 13.7 Å². The van der Waals surface area contributed by atoms with Crippen LogP contribution in [0.3, 0.4) is 0 Å². The molecule has 1 saturated carbocycles. The molecular formula is C37H42O9S2. The maximum Gasteiger partial charge on any atom is 0.305 e. The Balaban J connectivity index is 1.43. The number of carbonyl (C=O) groups is 1. The molecule has 3 aromatic carbocycles. The Labute approximate surface area is 282 Å². The van der Waals surface area contributed by atoms with Crippen LogP contribution in [0, 0.1) is 17.8 Å². The number of ether oxygens (including phenoxy) is 2. The minimum absolute atomic E-state index is 0.111. The van der Waals surface area contributed by atoms with Crippen LogP contribution in [-0.2, 0) is 29.2 Å². The second-order valence-corrected chi connectivity index (χ2v) is 17.2. The van der Waals surface area contributed by atoms with Gasteiger partial charge in [0.25, 0.3) is 0 Å². The SMILES string of the molecule is COC(=O)CCC(CC1=C[C@H]2C[C@@H](O)[C@@H](/C=C/[C@@H](O)CCOc3ccccc3)[C@H]2C1)(S(=O)(=O)c1ccccc1)S(=O)(=O)c1ccccc1. The van der Waals surface area contributed by atoms with E-state index in [1.54, 1.807) is 18.2 Å². The molecule has 11 heteroatoms. The zero-order valence-corrected chi connectivity index (χ0v) is 28.4. The molecule has 3 aromatic rings. The number of allylic oxidation sites excluding steroid dienone is 2. The molecule has 5 atom stereocenters. The van der Waals surface area contributed by atoms with E-state index >= 15 is 0 Å². The molecule has 0 aromatic heterocycles. The van der Waals surface area contributed by atoms with Crippen molar-refractivity contribution in [1.29, 1.82) is 0 Å². The zero-order valence-electron chi connectivity index (χ0n) is 26.8. The molecule has 1 fully saturated rings. The molecule has 2 aliphatic carbocycles. The first kappa shape index (κ1) is 35.5. The first-order chi connectivity index (χ1) is 23.0. The molecule has 9 nitrogen and oxygen atoms in total. The number of fused-ring (bicyclic) bond motifs is 1. The number of hydrogen-bond donors (Lipinski definition) is 2. The molecule has 2 N–H and O–H groups in total. The lowest BCUT2D eigenvalue weighted by atomic mass is 9.88. The fourth-order valence-electron chi connectivity index (χ4n) is 6.96. The number of sulfone groups is 2. The molecule has 2 aliphatic rings. The van der Waals surface area contributed by atoms with E-state index in [-0.39, 0.29) is 34.0 Å². The van der Waals surface area contributed by atoms with Gasteiger partial charge in [-0.3, -0.25) is 4.79 Å². The number of methoxy groups -OCH3 is 1. The van der Waals surface area contributed by atoms with Crippen molar-refractivity contribution in [3.8, 4) is 5.75 Å². The third kappa shape index (κ3) is 7.44. The van der Waals surface area contributed by atoms with Gasteiger partial charge >= 0.3 is 5.97 Å². The average Bonchev–Trinajstić information content (AvgIpc) is 3.61. The van der Waals surface area contributed by atoms with Crippen molar-refractivity contribution in [2.45, 2.75) is 64.6 Å². The van der Waals surface area contributed by atoms with E-state index in [9.17, 15) is 31.8 Å². The highest BCUT2D eigenvalue weighted by molar-refractivity contribution is 8.10. The molecule has 0 saturated heterocycles. The maximum atomic E-state index is 14.6. The molecule has 0 spiro atoms. The van der Waals surface area contributed by atoms with E-state index in [1.165, 1.54) is 55.6 Å². The number of para-hydroxylation sites is 1. The van der Waals surface area contributed by atoms with Crippen LogP contribution in [0.1, 0.15) is 38.5 Å². The van der Waals surface area contributed by atoms with Gasteiger partial charge in [0.05, 0.1) is 35.7 Å². The number of benzene rings is 3. The summed E-state index contributed by atoms with van der Waals surface area (Å²) in [4.78, 5) is 12.1. The third-order valence-electron chi connectivity index (χ3n) is 9.45. The second-order valence-electron chi connectivity index (χ2n) is 12.4. The summed E-state index contributed by atoms with van der Waals surface area (Å²) in [6.07, 6.45) is 3.74. The van der Waals surface area contributed by atoms with Crippen molar-refractivity contribution in [2.24, 2.45) is 17.8 Å². The van der Waals surface area contributed by atoms with Crippen molar-refractivity contribution in [1.82, 2.24) is 0 Å². The minimum atomic E-state index is -4.60. The molecule has 5 rings (SSSR count). The Morgan fingerprint density at radius 1 is 0.917 bits per heavy atom. The summed E-state index contributed by atoms with van der Waals surface area (Å²) < 4.78 is 66.6. The summed E-state index contributed by atoms with van der Waals surface area (Å²) in [6, 6.07) is 24.2. The molecular weight excluding hydrogens is 653 g/mol. The Bertz CT molecular complexity index is 1740. The largest absolute Gasteiger partial charge is 0.493 e. The van der Waals surface area contributed by atoms with E-state index in [0.717, 1.165) is 0 Å². The number of rotatable bonds is 15. The fraction of sp³-hybridized carbons (Fsp3) is 0.378. The molecule has 0 radical (unpaired) electrons. The van der Waals surface area contributed by atoms with Crippen LogP contribution < -0.4 is 4.74 Å². The van der Waals surface area contributed by atoms with Crippen molar-refractivity contribution >= 4 is 25.6 Å². The number of carbonyl (C=O) groups excluding carboxylic acids is 1. The summed E-state index contributed by atoms with van der Waals surface area (Å²) in [5.74, 6) is -0.561. The molecule has 256 valence electrons. The van der Waals surface area contributed by atoms with Crippen LogP contribution in [0.4, 0.5) is 0 Å². The van der Waals surface area contributed by atoms with Gasteiger partial charge in [-0.15, -0.1) is 0 Å². The topological polar surface area (TPSA) is 144 Å². The lowest BCUT2D eigenvalue weighted by molar-refractivity contribution is -0.140. The molecule has 0 aliphatic heterocycles. The first-order valence-corrected chi connectivity index (χ1v) is 19.0. The predicted molar refractivity (Wildman–Crippen MR) is 181 cm³/mol. The fourth-order valence-corrected chi connectivity index (χ4v) is 12.1. The molecule has 0 heterocycles. The number of aliphatic hydroxyl groups excluding tert-OH is 2. The predicted octanol–water partition coefficient (Wildman–Crippen LogP) is 5.30. The second kappa shape index (κ2) is 15.2. The summed E-state index contributed by atoms with van der Waals surface area (Å²) in [7, 11) is -8.03. The Hall–Kier alpha value is -3.77. The Morgan fingerprint density at radius 3 is 2.04 bits per heavy atom. The van der Waals surface area contributed by atoms with Crippen LogP contribution in [-0.4, -0.2) is 63.0 Å². The van der Waals surface area contributed by atoms with E-state index in [4.69, 9.17) is 9.47 Å². The highest BCUT2D eigenvalue weighted by Gasteiger charge is 2.57. The highest BCUT2D eigenvalue weighted by atomic mass is 32.3. The standard InChI is InChI=1S/C37H42O9S2/c1-45-36(40)19-21-37(47(41,42)31-13-7-3-8-14-31,48(43,44)32-15-9-4-10-16-32)26-27-23-28-25-35(39)33(34(28)24-27)18-17-29(38)20-22-46-30-11-5-2-6-12-30/h2-18,23,28-29,33-35,38-39H,19-22,24-26H2,1H3/b18-17+/t28-,29+,33-,34-,35+/m0/s1. The van der Waals surface area contributed by atoms with Gasteiger partial charge in [0.15, 0.2) is 23.8 Å². The van der Waals surface area contributed by atoms with Crippen molar-refractivity contribution in [3.05, 3.63) is 115 Å². The monoisotopic (exact) mass is 694 g/mol. The van der Waals surface area contributed by atoms with Gasteiger partial charge < -0.3 is 19.7 Å². The summed E-state index contributed by atoms with van der Waals surface area (Å²) >= 11 is 0. The average molecular weight is 695 g/mol. The van der Waals surface area contributed by atoms with Gasteiger partial charge in [0.1, 0.15) is 5.75 Å². The summed E-state index contributed by atoms with van der Waals surface area (Å²) in [5, 5.41) is 21.6. The Morgan fingerprint density at radius 2 is 1.48 bits per heavy atom. The van der Waals surface area contributed by atoms with Gasteiger partial charge in [-0.2, -0.15) is 0 Å². The Kier molecular flexibility index (Phi) is 11.2. The normalized spacial score (nSPS) is 21.9. The van der Waals surface area contributed by atoms with E-state index in [1.807, 2.05) is 42.5 Å². The lowest BCUT2D eigenvalue weighted by Crippen LogP contribution is -2.47. The van der Waals surface area contributed by atoms with Crippen molar-refractivity contribution < 1.29 is 41.3 Å². The minimum Gasteiger partial charge on any atom is -0.493 e. The van der Waals surface area contributed by atoms with Crippen LogP contribution >= 0.6 is 0 Å². The van der Waals surface area contributed by atoms with E-state index < -0.39 is 54.8 Å². The quantitative estimate of drug-likeness (QED) is 0.160. The van der Waals surface area contributed by atoms with Gasteiger partial charge in [-0.05, 0) is 67.5 Å².